The van der Waals surface area contributed by atoms with Gasteiger partial charge in [-0.15, -0.1) is 0 Å². The quantitative estimate of drug-likeness (QED) is 0.717. The van der Waals surface area contributed by atoms with E-state index in [1.54, 1.807) is 24.3 Å². The zero-order valence-corrected chi connectivity index (χ0v) is 16.2. The van der Waals surface area contributed by atoms with Gasteiger partial charge in [-0.3, -0.25) is 9.59 Å². The van der Waals surface area contributed by atoms with Crippen molar-refractivity contribution in [1.82, 2.24) is 5.32 Å². The van der Waals surface area contributed by atoms with Gasteiger partial charge in [0.05, 0.1) is 6.04 Å². The van der Waals surface area contributed by atoms with Crippen molar-refractivity contribution < 1.29 is 14.3 Å². The first-order valence-electron chi connectivity index (χ1n) is 9.59. The highest BCUT2D eigenvalue weighted by atomic mass is 16.5. The molecule has 1 N–H and O–H groups in total. The van der Waals surface area contributed by atoms with Crippen molar-refractivity contribution in [2.75, 3.05) is 0 Å². The average molecular weight is 365 g/mol. The molecule has 1 aliphatic rings. The van der Waals surface area contributed by atoms with Crippen LogP contribution in [-0.2, 0) is 4.79 Å². The fourth-order valence-electron chi connectivity index (χ4n) is 2.95. The fraction of sp³-hybridized carbons (Fsp3) is 0.391. The second kappa shape index (κ2) is 7.95. The van der Waals surface area contributed by atoms with Crippen LogP contribution in [0.25, 0.3) is 0 Å². The summed E-state index contributed by atoms with van der Waals surface area (Å²) in [6.45, 7) is 5.91. The van der Waals surface area contributed by atoms with Crippen molar-refractivity contribution in [3.05, 3.63) is 60.2 Å². The Morgan fingerprint density at radius 1 is 1.04 bits per heavy atom. The zero-order valence-electron chi connectivity index (χ0n) is 16.2. The third-order valence-electron chi connectivity index (χ3n) is 5.31. The van der Waals surface area contributed by atoms with E-state index in [1.807, 2.05) is 51.1 Å². The van der Waals surface area contributed by atoms with E-state index in [0.717, 1.165) is 25.0 Å². The number of carbonyl (C=O) groups is 2. The molecule has 0 saturated heterocycles. The van der Waals surface area contributed by atoms with Crippen molar-refractivity contribution in [2.24, 2.45) is 11.3 Å². The lowest BCUT2D eigenvalue weighted by Gasteiger charge is -2.28. The molecular formula is C23H27NO3. The lowest BCUT2D eigenvalue weighted by molar-refractivity contribution is -0.129. The number of ether oxygens (including phenoxy) is 1. The van der Waals surface area contributed by atoms with Gasteiger partial charge < -0.3 is 10.1 Å². The molecule has 0 radical (unpaired) electrons. The average Bonchev–Trinajstić information content (AvgIpc) is 3.52. The van der Waals surface area contributed by atoms with Crippen LogP contribution in [0, 0.1) is 11.3 Å². The van der Waals surface area contributed by atoms with Crippen LogP contribution in [0.15, 0.2) is 54.6 Å². The summed E-state index contributed by atoms with van der Waals surface area (Å²) in [5, 5.41) is 2.98. The summed E-state index contributed by atoms with van der Waals surface area (Å²) in [6.07, 6.45) is 2.76. The molecular weight excluding hydrogens is 338 g/mol. The van der Waals surface area contributed by atoms with Gasteiger partial charge in [0.1, 0.15) is 11.5 Å². The molecule has 4 nitrogen and oxygen atoms in total. The number of Topliss-reactive ketones (excluding diaryl/α,β-unsaturated/α-hetero) is 1. The molecule has 27 heavy (non-hydrogen) atoms. The number of benzene rings is 2. The number of hydrogen-bond acceptors (Lipinski definition) is 3. The molecule has 1 amide bonds. The lowest BCUT2D eigenvalue weighted by atomic mass is 9.80. The molecule has 1 atom stereocenters. The number of ketones is 1. The highest BCUT2D eigenvalue weighted by Crippen LogP contribution is 2.37. The van der Waals surface area contributed by atoms with E-state index in [9.17, 15) is 9.59 Å². The van der Waals surface area contributed by atoms with Gasteiger partial charge in [0.25, 0.3) is 5.91 Å². The summed E-state index contributed by atoms with van der Waals surface area (Å²) in [5.41, 5.74) is 0.108. The standard InChI is InChI=1S/C23H27NO3/c1-4-23(2,3)21(25)20(16-10-11-16)24-22(26)17-12-14-19(15-13-17)27-18-8-6-5-7-9-18/h5-9,12-16,20H,4,10-11H2,1-3H3,(H,24,26)/t20-/m0/s1. The molecule has 142 valence electrons. The Labute approximate surface area is 160 Å². The molecule has 0 unspecified atom stereocenters. The second-order valence-corrected chi connectivity index (χ2v) is 7.83. The Kier molecular flexibility index (Phi) is 5.64. The molecule has 0 bridgehead atoms. The Morgan fingerprint density at radius 2 is 1.63 bits per heavy atom. The summed E-state index contributed by atoms with van der Waals surface area (Å²) in [5.74, 6) is 1.60. The molecule has 4 heteroatoms. The third kappa shape index (κ3) is 4.76. The zero-order chi connectivity index (χ0) is 19.4. The molecule has 2 aromatic carbocycles. The third-order valence-corrected chi connectivity index (χ3v) is 5.31. The Morgan fingerprint density at radius 3 is 2.19 bits per heavy atom. The minimum absolute atomic E-state index is 0.130. The van der Waals surface area contributed by atoms with Crippen LogP contribution in [0.5, 0.6) is 11.5 Å². The van der Waals surface area contributed by atoms with Crippen LogP contribution in [0.3, 0.4) is 0 Å². The molecule has 2 aromatic rings. The molecule has 0 aliphatic heterocycles. The summed E-state index contributed by atoms with van der Waals surface area (Å²) in [7, 11) is 0. The van der Waals surface area contributed by atoms with E-state index >= 15 is 0 Å². The predicted molar refractivity (Wildman–Crippen MR) is 106 cm³/mol. The first-order chi connectivity index (χ1) is 12.9. The van der Waals surface area contributed by atoms with Crippen molar-refractivity contribution in [3.63, 3.8) is 0 Å². The Hall–Kier alpha value is -2.62. The number of nitrogens with one attached hydrogen (secondary N) is 1. The molecule has 1 aliphatic carbocycles. The maximum atomic E-state index is 12.9. The Balaban J connectivity index is 1.67. The number of amides is 1. The van der Waals surface area contributed by atoms with Gasteiger partial charge >= 0.3 is 0 Å². The maximum Gasteiger partial charge on any atom is 0.251 e. The van der Waals surface area contributed by atoms with Crippen LogP contribution in [0.1, 0.15) is 50.4 Å². The number of hydrogen-bond donors (Lipinski definition) is 1. The SMILES string of the molecule is CCC(C)(C)C(=O)[C@@H](NC(=O)c1ccc(Oc2ccccc2)cc1)C1CC1. The van der Waals surface area contributed by atoms with Gasteiger partial charge in [0.15, 0.2) is 5.78 Å². The van der Waals surface area contributed by atoms with Gasteiger partial charge in [-0.25, -0.2) is 0 Å². The molecule has 3 rings (SSSR count). The minimum Gasteiger partial charge on any atom is -0.457 e. The summed E-state index contributed by atoms with van der Waals surface area (Å²) in [4.78, 5) is 25.5. The highest BCUT2D eigenvalue weighted by Gasteiger charge is 2.42. The topological polar surface area (TPSA) is 55.4 Å². The number of rotatable bonds is 8. The summed E-state index contributed by atoms with van der Waals surface area (Å²) in [6, 6.07) is 16.1. The molecule has 0 aromatic heterocycles. The highest BCUT2D eigenvalue weighted by molar-refractivity contribution is 5.99. The van der Waals surface area contributed by atoms with Crippen LogP contribution >= 0.6 is 0 Å². The normalized spacial score (nSPS) is 15.1. The van der Waals surface area contributed by atoms with E-state index in [2.05, 4.69) is 5.32 Å². The van der Waals surface area contributed by atoms with E-state index < -0.39 is 11.5 Å². The van der Waals surface area contributed by atoms with Gasteiger partial charge in [-0.05, 0) is 61.6 Å². The van der Waals surface area contributed by atoms with E-state index in [0.29, 0.717) is 11.3 Å². The second-order valence-electron chi connectivity index (χ2n) is 7.83. The maximum absolute atomic E-state index is 12.9. The monoisotopic (exact) mass is 365 g/mol. The largest absolute Gasteiger partial charge is 0.457 e. The smallest absolute Gasteiger partial charge is 0.251 e. The first-order valence-corrected chi connectivity index (χ1v) is 9.59. The molecule has 0 heterocycles. The van der Waals surface area contributed by atoms with Crippen molar-refractivity contribution in [3.8, 4) is 11.5 Å². The van der Waals surface area contributed by atoms with Crippen molar-refractivity contribution >= 4 is 11.7 Å². The summed E-state index contributed by atoms with van der Waals surface area (Å²) >= 11 is 0. The predicted octanol–water partition coefficient (Wildman–Crippen LogP) is 4.99. The molecule has 1 fully saturated rings. The van der Waals surface area contributed by atoms with Gasteiger partial charge in [0.2, 0.25) is 0 Å². The first kappa shape index (κ1) is 19.2. The minimum atomic E-state index is -0.423. The van der Waals surface area contributed by atoms with Gasteiger partial charge in [0, 0.05) is 11.0 Å². The Bertz CT molecular complexity index is 792. The van der Waals surface area contributed by atoms with E-state index in [4.69, 9.17) is 4.74 Å². The molecule has 1 saturated carbocycles. The van der Waals surface area contributed by atoms with Crippen molar-refractivity contribution in [1.29, 1.82) is 0 Å². The molecule has 0 spiro atoms. The van der Waals surface area contributed by atoms with Crippen LogP contribution in [-0.4, -0.2) is 17.7 Å². The van der Waals surface area contributed by atoms with E-state index in [1.165, 1.54) is 0 Å². The number of para-hydroxylation sites is 1. The lowest BCUT2D eigenvalue weighted by Crippen LogP contribution is -2.47. The van der Waals surface area contributed by atoms with E-state index in [-0.39, 0.29) is 17.6 Å². The number of carbonyl (C=O) groups excluding carboxylic acids is 2. The summed E-state index contributed by atoms with van der Waals surface area (Å²) < 4.78 is 5.75. The van der Waals surface area contributed by atoms with Crippen molar-refractivity contribution in [2.45, 2.75) is 46.1 Å². The van der Waals surface area contributed by atoms with Crippen LogP contribution < -0.4 is 10.1 Å². The van der Waals surface area contributed by atoms with Gasteiger partial charge in [-0.2, -0.15) is 0 Å². The van der Waals surface area contributed by atoms with Crippen LogP contribution in [0.4, 0.5) is 0 Å². The van der Waals surface area contributed by atoms with Gasteiger partial charge in [-0.1, -0.05) is 39.0 Å². The fourth-order valence-corrected chi connectivity index (χ4v) is 2.95. The van der Waals surface area contributed by atoms with Crippen LogP contribution in [0.2, 0.25) is 0 Å².